The third-order valence-corrected chi connectivity index (χ3v) is 3.89. The summed E-state index contributed by atoms with van der Waals surface area (Å²) < 4.78 is 10.9. The minimum absolute atomic E-state index is 0.254. The number of carboxylic acid groups (broad SMARTS) is 1. The van der Waals surface area contributed by atoms with Crippen LogP contribution >= 0.6 is 0 Å². The molecule has 152 valence electrons. The average molecular weight is 397 g/mol. The van der Waals surface area contributed by atoms with Crippen LogP contribution in [0, 0.1) is 0 Å². The zero-order valence-electron chi connectivity index (χ0n) is 16.4. The van der Waals surface area contributed by atoms with Gasteiger partial charge in [-0.05, 0) is 45.0 Å². The Morgan fingerprint density at radius 3 is 2.34 bits per heavy atom. The van der Waals surface area contributed by atoms with Crippen molar-refractivity contribution < 1.29 is 23.8 Å². The molecular weight excluding hydrogens is 374 g/mol. The Kier molecular flexibility index (Phi) is 5.74. The fourth-order valence-corrected chi connectivity index (χ4v) is 2.66. The topological polar surface area (TPSA) is 113 Å². The van der Waals surface area contributed by atoms with Gasteiger partial charge in [0.1, 0.15) is 16.9 Å². The summed E-state index contributed by atoms with van der Waals surface area (Å²) in [5, 5.41) is 13.1. The number of carbonyl (C=O) groups is 2. The number of amides is 1. The van der Waals surface area contributed by atoms with Crippen molar-refractivity contribution in [2.75, 3.05) is 10.7 Å². The number of carbonyl (C=O) groups excluding carboxylic acids is 1. The van der Waals surface area contributed by atoms with Gasteiger partial charge < -0.3 is 19.7 Å². The van der Waals surface area contributed by atoms with Gasteiger partial charge in [0, 0.05) is 5.39 Å². The van der Waals surface area contributed by atoms with E-state index in [1.54, 1.807) is 57.2 Å². The summed E-state index contributed by atoms with van der Waals surface area (Å²) in [4.78, 5) is 23.8. The molecule has 0 bridgehead atoms. The van der Waals surface area contributed by atoms with Crippen molar-refractivity contribution in [3.05, 3.63) is 60.4 Å². The van der Waals surface area contributed by atoms with Gasteiger partial charge in [0.25, 0.3) is 0 Å². The van der Waals surface area contributed by atoms with Crippen LogP contribution in [0.4, 0.5) is 16.2 Å². The second kappa shape index (κ2) is 8.24. The van der Waals surface area contributed by atoms with Crippen molar-refractivity contribution in [1.29, 1.82) is 0 Å². The number of fused-ring (bicyclic) bond motifs is 1. The molecule has 0 saturated heterocycles. The highest BCUT2D eigenvalue weighted by molar-refractivity contribution is 5.89. The fourth-order valence-electron chi connectivity index (χ4n) is 2.66. The molecule has 1 amide bonds. The van der Waals surface area contributed by atoms with Crippen LogP contribution in [-0.4, -0.2) is 22.8 Å². The number of rotatable bonds is 6. The van der Waals surface area contributed by atoms with E-state index < -0.39 is 23.7 Å². The van der Waals surface area contributed by atoms with Crippen LogP contribution in [0.2, 0.25) is 0 Å². The molecule has 1 heterocycles. The number of nitrogens with one attached hydrogen (secondary N) is 3. The van der Waals surface area contributed by atoms with Gasteiger partial charge in [0.15, 0.2) is 6.04 Å². The summed E-state index contributed by atoms with van der Waals surface area (Å²) in [6.45, 7) is 5.30. The van der Waals surface area contributed by atoms with E-state index in [0.717, 1.165) is 5.39 Å². The predicted molar refractivity (Wildman–Crippen MR) is 110 cm³/mol. The molecule has 0 radical (unpaired) electrons. The van der Waals surface area contributed by atoms with Crippen LogP contribution < -0.4 is 16.2 Å². The van der Waals surface area contributed by atoms with Gasteiger partial charge in [-0.2, -0.15) is 0 Å². The van der Waals surface area contributed by atoms with Gasteiger partial charge in [0.05, 0.1) is 11.4 Å². The number of benzene rings is 2. The molecule has 1 atom stereocenters. The van der Waals surface area contributed by atoms with E-state index in [2.05, 4.69) is 16.2 Å². The molecule has 8 heteroatoms. The van der Waals surface area contributed by atoms with E-state index in [4.69, 9.17) is 9.15 Å². The Bertz CT molecular complexity index is 989. The maximum absolute atomic E-state index is 12.1. The van der Waals surface area contributed by atoms with E-state index in [9.17, 15) is 14.7 Å². The Morgan fingerprint density at radius 2 is 1.69 bits per heavy atom. The summed E-state index contributed by atoms with van der Waals surface area (Å²) in [6, 6.07) is 14.7. The van der Waals surface area contributed by atoms with Crippen molar-refractivity contribution in [3.63, 3.8) is 0 Å². The van der Waals surface area contributed by atoms with Gasteiger partial charge in [-0.25, -0.2) is 15.0 Å². The molecule has 0 aliphatic heterocycles. The van der Waals surface area contributed by atoms with Crippen molar-refractivity contribution in [2.24, 2.45) is 0 Å². The number of carboxylic acids is 1. The normalized spacial score (nSPS) is 12.4. The van der Waals surface area contributed by atoms with E-state index in [0.29, 0.717) is 17.0 Å². The predicted octanol–water partition coefficient (Wildman–Crippen LogP) is 4.52. The molecule has 29 heavy (non-hydrogen) atoms. The van der Waals surface area contributed by atoms with E-state index in [1.807, 2.05) is 18.2 Å². The number of aliphatic carboxylic acids is 1. The number of ether oxygens (including phenoxy) is 1. The number of hydrazine groups is 1. The van der Waals surface area contributed by atoms with Gasteiger partial charge in [-0.1, -0.05) is 30.3 Å². The fraction of sp³-hybridized carbons (Fsp3) is 0.238. The van der Waals surface area contributed by atoms with Crippen LogP contribution in [0.1, 0.15) is 32.6 Å². The number of para-hydroxylation sites is 3. The van der Waals surface area contributed by atoms with Crippen LogP contribution in [0.15, 0.2) is 59.0 Å². The van der Waals surface area contributed by atoms with E-state index >= 15 is 0 Å². The molecule has 0 spiro atoms. The third-order valence-electron chi connectivity index (χ3n) is 3.89. The smallest absolute Gasteiger partial charge is 0.412 e. The molecule has 8 nitrogen and oxygen atoms in total. The first-order valence-electron chi connectivity index (χ1n) is 9.05. The monoisotopic (exact) mass is 397 g/mol. The molecule has 1 unspecified atom stereocenters. The number of furan rings is 1. The number of hydrogen-bond acceptors (Lipinski definition) is 6. The van der Waals surface area contributed by atoms with E-state index in [1.165, 1.54) is 0 Å². The van der Waals surface area contributed by atoms with Crippen LogP contribution in [0.3, 0.4) is 0 Å². The minimum Gasteiger partial charge on any atom is -0.480 e. The molecular formula is C21H23N3O5. The maximum Gasteiger partial charge on any atom is 0.412 e. The molecule has 0 aliphatic carbocycles. The lowest BCUT2D eigenvalue weighted by Gasteiger charge is -2.21. The summed E-state index contributed by atoms with van der Waals surface area (Å²) in [5.41, 5.74) is 6.45. The zero-order chi connectivity index (χ0) is 21.0. The Hall–Kier alpha value is -3.52. The maximum atomic E-state index is 12.1. The second-order valence-corrected chi connectivity index (χ2v) is 7.40. The minimum atomic E-state index is -1.14. The molecule has 0 fully saturated rings. The zero-order valence-corrected chi connectivity index (χ0v) is 16.4. The lowest BCUT2D eigenvalue weighted by Crippen LogP contribution is -2.33. The van der Waals surface area contributed by atoms with Crippen LogP contribution in [0.25, 0.3) is 11.0 Å². The number of anilines is 2. The van der Waals surface area contributed by atoms with Crippen molar-refractivity contribution in [2.45, 2.75) is 32.4 Å². The Balaban J connectivity index is 1.75. The molecule has 3 rings (SSSR count). The highest BCUT2D eigenvalue weighted by Crippen LogP contribution is 2.26. The average Bonchev–Trinajstić information content (AvgIpc) is 3.05. The largest absolute Gasteiger partial charge is 0.480 e. The molecule has 0 aliphatic rings. The summed E-state index contributed by atoms with van der Waals surface area (Å²) >= 11 is 0. The van der Waals surface area contributed by atoms with Crippen molar-refractivity contribution in [3.8, 4) is 0 Å². The highest BCUT2D eigenvalue weighted by Gasteiger charge is 2.24. The lowest BCUT2D eigenvalue weighted by atomic mass is 10.2. The molecule has 1 aromatic heterocycles. The second-order valence-electron chi connectivity index (χ2n) is 7.40. The van der Waals surface area contributed by atoms with Crippen LogP contribution in [0.5, 0.6) is 0 Å². The van der Waals surface area contributed by atoms with Crippen LogP contribution in [-0.2, 0) is 9.53 Å². The number of hydrogen-bond donors (Lipinski definition) is 4. The van der Waals surface area contributed by atoms with Gasteiger partial charge in [-0.3, -0.25) is 5.32 Å². The van der Waals surface area contributed by atoms with Crippen molar-refractivity contribution in [1.82, 2.24) is 5.43 Å². The summed E-state index contributed by atoms with van der Waals surface area (Å²) in [5.74, 6) is -0.863. The lowest BCUT2D eigenvalue weighted by molar-refractivity contribution is -0.139. The molecule has 0 saturated carbocycles. The Labute approximate surface area is 167 Å². The van der Waals surface area contributed by atoms with Gasteiger partial charge >= 0.3 is 12.1 Å². The molecule has 2 aromatic carbocycles. The van der Waals surface area contributed by atoms with Gasteiger partial charge in [-0.15, -0.1) is 0 Å². The van der Waals surface area contributed by atoms with E-state index in [-0.39, 0.29) is 5.76 Å². The molecule has 3 aromatic rings. The SMILES string of the molecule is CC(C)(C)OC(=O)Nc1ccccc1NNC(C(=O)O)c1cc2ccccc2o1. The first kappa shape index (κ1) is 20.2. The summed E-state index contributed by atoms with van der Waals surface area (Å²) in [7, 11) is 0. The van der Waals surface area contributed by atoms with Crippen molar-refractivity contribution >= 4 is 34.4 Å². The van der Waals surface area contributed by atoms with Gasteiger partial charge in [0.2, 0.25) is 0 Å². The molecule has 4 N–H and O–H groups in total. The first-order chi connectivity index (χ1) is 13.7. The quantitative estimate of drug-likeness (QED) is 0.452. The first-order valence-corrected chi connectivity index (χ1v) is 9.05. The summed E-state index contributed by atoms with van der Waals surface area (Å²) in [6.07, 6.45) is -0.612. The standard InChI is InChI=1S/C21H23N3O5/c1-21(2,3)29-20(27)22-14-9-5-6-10-15(14)23-24-18(19(25)26)17-12-13-8-4-7-11-16(13)28-17/h4-12,18,23-24H,1-3H3,(H,22,27)(H,25,26). The Morgan fingerprint density at radius 1 is 1.03 bits per heavy atom. The third kappa shape index (κ3) is 5.26. The highest BCUT2D eigenvalue weighted by atomic mass is 16.6.